The van der Waals surface area contributed by atoms with Gasteiger partial charge in [0.25, 0.3) is 0 Å². The zero-order valence-corrected chi connectivity index (χ0v) is 14.7. The van der Waals surface area contributed by atoms with Crippen LogP contribution in [-0.4, -0.2) is 82.2 Å². The minimum absolute atomic E-state index is 0.219. The Morgan fingerprint density at radius 3 is 2.00 bits per heavy atom. The maximum absolute atomic E-state index is 12.1. The fraction of sp³-hybridized carbons (Fsp3) is 0.571. The summed E-state index contributed by atoms with van der Waals surface area (Å²) in [6.07, 6.45) is -1.37. The molecule has 0 radical (unpaired) electrons. The van der Waals surface area contributed by atoms with Crippen molar-refractivity contribution in [2.45, 2.75) is 37.4 Å². The molecule has 0 rings (SSSR count). The summed E-state index contributed by atoms with van der Waals surface area (Å²) in [6, 6.07) is -4.32. The van der Waals surface area contributed by atoms with Crippen LogP contribution in [0.2, 0.25) is 0 Å². The lowest BCUT2D eigenvalue weighted by atomic mass is 10.1. The molecule has 0 bridgehead atoms. The SMILES string of the molecule is NC(=O)CCC(NC(=O)C(N)CO)C(=O)NCC(=O)NC(CC(=O)O)C(=O)O. The predicted octanol–water partition coefficient (Wildman–Crippen LogP) is -4.78. The van der Waals surface area contributed by atoms with Crippen molar-refractivity contribution >= 4 is 35.6 Å². The van der Waals surface area contributed by atoms with Gasteiger partial charge in [-0.05, 0) is 6.42 Å². The molecule has 0 spiro atoms. The van der Waals surface area contributed by atoms with E-state index < -0.39 is 73.3 Å². The molecule has 28 heavy (non-hydrogen) atoms. The monoisotopic (exact) mass is 405 g/mol. The van der Waals surface area contributed by atoms with Crippen molar-refractivity contribution in [3.63, 3.8) is 0 Å². The number of carbonyl (C=O) groups is 6. The van der Waals surface area contributed by atoms with Gasteiger partial charge in [-0.3, -0.25) is 24.0 Å². The fourth-order valence-corrected chi connectivity index (χ4v) is 1.83. The molecule has 4 amide bonds. The van der Waals surface area contributed by atoms with E-state index in [2.05, 4.69) is 10.6 Å². The van der Waals surface area contributed by atoms with Gasteiger partial charge in [0.05, 0.1) is 19.6 Å². The highest BCUT2D eigenvalue weighted by molar-refractivity contribution is 5.93. The average molecular weight is 405 g/mol. The van der Waals surface area contributed by atoms with Crippen LogP contribution in [0.3, 0.4) is 0 Å². The second-order valence-corrected chi connectivity index (χ2v) is 5.63. The third-order valence-corrected chi connectivity index (χ3v) is 3.28. The zero-order chi connectivity index (χ0) is 21.9. The molecule has 0 aromatic heterocycles. The molecule has 0 aliphatic rings. The van der Waals surface area contributed by atoms with Crippen molar-refractivity contribution in [2.75, 3.05) is 13.2 Å². The highest BCUT2D eigenvalue weighted by Crippen LogP contribution is 1.99. The lowest BCUT2D eigenvalue weighted by Crippen LogP contribution is -2.54. The standard InChI is InChI=1S/C14H23N5O9/c15-6(5-20)12(25)19-7(1-2-9(16)21)13(26)17-4-10(22)18-8(14(27)28)3-11(23)24/h6-8,20H,1-5,15H2,(H2,16,21)(H,17,26)(H,18,22)(H,19,25)(H,23,24)(H,27,28). The van der Waals surface area contributed by atoms with Crippen molar-refractivity contribution in [1.29, 1.82) is 0 Å². The summed E-state index contributed by atoms with van der Waals surface area (Å²) in [5.41, 5.74) is 10.3. The molecule has 0 saturated carbocycles. The first-order valence-corrected chi connectivity index (χ1v) is 7.94. The molecule has 0 saturated heterocycles. The molecule has 158 valence electrons. The predicted molar refractivity (Wildman–Crippen MR) is 90.2 cm³/mol. The van der Waals surface area contributed by atoms with Crippen LogP contribution in [-0.2, 0) is 28.8 Å². The Bertz CT molecular complexity index is 624. The van der Waals surface area contributed by atoms with Crippen molar-refractivity contribution in [2.24, 2.45) is 11.5 Å². The molecule has 14 heteroatoms. The van der Waals surface area contributed by atoms with Gasteiger partial charge in [-0.15, -0.1) is 0 Å². The number of carboxylic acid groups (broad SMARTS) is 2. The average Bonchev–Trinajstić information content (AvgIpc) is 2.60. The number of aliphatic carboxylic acids is 2. The smallest absolute Gasteiger partial charge is 0.326 e. The summed E-state index contributed by atoms with van der Waals surface area (Å²) in [4.78, 5) is 67.9. The van der Waals surface area contributed by atoms with E-state index in [4.69, 9.17) is 26.8 Å². The Hall–Kier alpha value is -3.26. The summed E-state index contributed by atoms with van der Waals surface area (Å²) in [7, 11) is 0. The van der Waals surface area contributed by atoms with E-state index >= 15 is 0 Å². The quantitative estimate of drug-likeness (QED) is 0.145. The minimum Gasteiger partial charge on any atom is -0.481 e. The maximum Gasteiger partial charge on any atom is 0.326 e. The number of rotatable bonds is 13. The van der Waals surface area contributed by atoms with Gasteiger partial charge in [0, 0.05) is 6.42 Å². The highest BCUT2D eigenvalue weighted by Gasteiger charge is 2.26. The van der Waals surface area contributed by atoms with Crippen molar-refractivity contribution in [3.05, 3.63) is 0 Å². The summed E-state index contributed by atoms with van der Waals surface area (Å²) in [6.45, 7) is -1.42. The Morgan fingerprint density at radius 2 is 1.54 bits per heavy atom. The Balaban J connectivity index is 4.84. The number of nitrogens with one attached hydrogen (secondary N) is 3. The molecule has 10 N–H and O–H groups in total. The molecular formula is C14H23N5O9. The maximum atomic E-state index is 12.1. The molecule has 0 aromatic rings. The van der Waals surface area contributed by atoms with Crippen LogP contribution < -0.4 is 27.4 Å². The number of primary amides is 1. The van der Waals surface area contributed by atoms with Crippen LogP contribution in [0.15, 0.2) is 0 Å². The number of hydrogen-bond donors (Lipinski definition) is 8. The number of aliphatic hydroxyl groups is 1. The third-order valence-electron chi connectivity index (χ3n) is 3.28. The van der Waals surface area contributed by atoms with Crippen molar-refractivity contribution in [3.8, 4) is 0 Å². The van der Waals surface area contributed by atoms with Crippen molar-refractivity contribution in [1.82, 2.24) is 16.0 Å². The highest BCUT2D eigenvalue weighted by atomic mass is 16.4. The number of aliphatic hydroxyl groups excluding tert-OH is 1. The third kappa shape index (κ3) is 10.0. The lowest BCUT2D eigenvalue weighted by Gasteiger charge is -2.20. The van der Waals surface area contributed by atoms with Crippen molar-refractivity contribution < 1.29 is 44.1 Å². The van der Waals surface area contributed by atoms with E-state index in [0.717, 1.165) is 0 Å². The van der Waals surface area contributed by atoms with E-state index in [-0.39, 0.29) is 12.8 Å². The van der Waals surface area contributed by atoms with Crippen LogP contribution >= 0.6 is 0 Å². The van der Waals surface area contributed by atoms with Gasteiger partial charge in [-0.2, -0.15) is 0 Å². The molecule has 0 heterocycles. The number of nitrogens with two attached hydrogens (primary N) is 2. The van der Waals surface area contributed by atoms with Gasteiger partial charge in [0.1, 0.15) is 18.1 Å². The first-order valence-electron chi connectivity index (χ1n) is 7.94. The topological polar surface area (TPSA) is 251 Å². The van der Waals surface area contributed by atoms with E-state index in [9.17, 15) is 28.8 Å². The molecule has 0 fully saturated rings. The van der Waals surface area contributed by atoms with E-state index in [1.165, 1.54) is 0 Å². The number of carboxylic acids is 2. The number of hydrogen-bond acceptors (Lipinski definition) is 8. The molecule has 3 atom stereocenters. The van der Waals surface area contributed by atoms with Crippen LogP contribution in [0.25, 0.3) is 0 Å². The summed E-state index contributed by atoms with van der Waals surface area (Å²) in [5.74, 6) is -6.56. The largest absolute Gasteiger partial charge is 0.481 e. The number of carbonyl (C=O) groups excluding carboxylic acids is 4. The van der Waals surface area contributed by atoms with Gasteiger partial charge >= 0.3 is 11.9 Å². The van der Waals surface area contributed by atoms with Gasteiger partial charge < -0.3 is 42.7 Å². The number of amides is 4. The molecule has 3 unspecified atom stereocenters. The Kier molecular flexibility index (Phi) is 10.8. The van der Waals surface area contributed by atoms with Crippen LogP contribution in [0.4, 0.5) is 0 Å². The Morgan fingerprint density at radius 1 is 0.929 bits per heavy atom. The lowest BCUT2D eigenvalue weighted by molar-refractivity contribution is -0.147. The van der Waals surface area contributed by atoms with Gasteiger partial charge in [0.2, 0.25) is 23.6 Å². The van der Waals surface area contributed by atoms with E-state index in [1.54, 1.807) is 0 Å². The van der Waals surface area contributed by atoms with Crippen LogP contribution in [0, 0.1) is 0 Å². The molecule has 0 aromatic carbocycles. The first-order chi connectivity index (χ1) is 13.0. The fourth-order valence-electron chi connectivity index (χ4n) is 1.83. The van der Waals surface area contributed by atoms with E-state index in [1.807, 2.05) is 5.32 Å². The normalized spacial score (nSPS) is 13.5. The second kappa shape index (κ2) is 12.2. The van der Waals surface area contributed by atoms with Crippen LogP contribution in [0.1, 0.15) is 19.3 Å². The molecule has 14 nitrogen and oxygen atoms in total. The zero-order valence-electron chi connectivity index (χ0n) is 14.7. The summed E-state index contributed by atoms with van der Waals surface area (Å²) in [5, 5.41) is 32.5. The summed E-state index contributed by atoms with van der Waals surface area (Å²) < 4.78 is 0. The van der Waals surface area contributed by atoms with Gasteiger partial charge in [0.15, 0.2) is 0 Å². The van der Waals surface area contributed by atoms with Gasteiger partial charge in [-0.25, -0.2) is 4.79 Å². The minimum atomic E-state index is -1.70. The first kappa shape index (κ1) is 24.7. The molecule has 0 aliphatic carbocycles. The Labute approximate surface area is 158 Å². The molecule has 0 aliphatic heterocycles. The summed E-state index contributed by atoms with van der Waals surface area (Å²) >= 11 is 0. The second-order valence-electron chi connectivity index (χ2n) is 5.63. The van der Waals surface area contributed by atoms with E-state index in [0.29, 0.717) is 0 Å². The molecular weight excluding hydrogens is 382 g/mol. The van der Waals surface area contributed by atoms with Crippen LogP contribution in [0.5, 0.6) is 0 Å². The van der Waals surface area contributed by atoms with Gasteiger partial charge in [-0.1, -0.05) is 0 Å².